The van der Waals surface area contributed by atoms with E-state index in [4.69, 9.17) is 9.47 Å². The zero-order chi connectivity index (χ0) is 22.0. The summed E-state index contributed by atoms with van der Waals surface area (Å²) >= 11 is 0. The lowest BCUT2D eigenvalue weighted by atomic mass is 9.96. The molecule has 0 amide bonds. The summed E-state index contributed by atoms with van der Waals surface area (Å²) in [5.41, 5.74) is 3.55. The molecule has 0 aliphatic rings. The fourth-order valence-corrected chi connectivity index (χ4v) is 3.56. The first-order valence-electron chi connectivity index (χ1n) is 9.73. The number of hydrogen-bond acceptors (Lipinski definition) is 4. The monoisotopic (exact) mass is 415 g/mol. The van der Waals surface area contributed by atoms with Crippen molar-refractivity contribution in [2.24, 2.45) is 0 Å². The second kappa shape index (κ2) is 8.44. The molecule has 6 heteroatoms. The first kappa shape index (κ1) is 20.3. The second-order valence-corrected chi connectivity index (χ2v) is 6.95. The maximum Gasteiger partial charge on any atom is 0.172 e. The summed E-state index contributed by atoms with van der Waals surface area (Å²) in [6.45, 7) is 6.05. The van der Waals surface area contributed by atoms with Gasteiger partial charge in [0.25, 0.3) is 0 Å². The quantitative estimate of drug-likeness (QED) is 0.420. The summed E-state index contributed by atoms with van der Waals surface area (Å²) < 4.78 is 27.5. The maximum atomic E-state index is 14.6. The average Bonchev–Trinajstić information content (AvgIpc) is 3.19. The molecular weight excluding hydrogens is 393 g/mol. The standard InChI is InChI=1S/C25H22FN3O2/c1-16(18-10-6-5-7-11-18)19-14-20(24(31-4)15-23(19)30-3)25-28-27-17(2)29(25)22-13-9-8-12-21(22)26/h5-15H,1H2,2-4H3. The van der Waals surface area contributed by atoms with E-state index in [0.29, 0.717) is 34.4 Å². The van der Waals surface area contributed by atoms with Crippen LogP contribution in [0, 0.1) is 12.7 Å². The normalized spacial score (nSPS) is 10.7. The van der Waals surface area contributed by atoms with E-state index in [1.807, 2.05) is 36.4 Å². The topological polar surface area (TPSA) is 49.2 Å². The van der Waals surface area contributed by atoms with Gasteiger partial charge in [-0.1, -0.05) is 49.0 Å². The predicted octanol–water partition coefficient (Wildman–Crippen LogP) is 5.46. The smallest absolute Gasteiger partial charge is 0.172 e. The Balaban J connectivity index is 1.95. The van der Waals surface area contributed by atoms with Gasteiger partial charge < -0.3 is 9.47 Å². The van der Waals surface area contributed by atoms with Crippen molar-refractivity contribution < 1.29 is 13.9 Å². The van der Waals surface area contributed by atoms with Crippen LogP contribution in [0.1, 0.15) is 17.0 Å². The van der Waals surface area contributed by atoms with E-state index in [9.17, 15) is 4.39 Å². The summed E-state index contributed by atoms with van der Waals surface area (Å²) in [6, 6.07) is 20.0. The minimum atomic E-state index is -0.368. The van der Waals surface area contributed by atoms with Gasteiger partial charge >= 0.3 is 0 Å². The highest BCUT2D eigenvalue weighted by Crippen LogP contribution is 2.40. The molecule has 0 saturated carbocycles. The molecule has 0 saturated heterocycles. The van der Waals surface area contributed by atoms with Crippen molar-refractivity contribution in [3.63, 3.8) is 0 Å². The van der Waals surface area contributed by atoms with E-state index in [0.717, 1.165) is 16.7 Å². The van der Waals surface area contributed by atoms with Crippen molar-refractivity contribution in [2.45, 2.75) is 6.92 Å². The first-order chi connectivity index (χ1) is 15.0. The maximum absolute atomic E-state index is 14.6. The van der Waals surface area contributed by atoms with Crippen molar-refractivity contribution in [3.05, 3.63) is 96.1 Å². The lowest BCUT2D eigenvalue weighted by Crippen LogP contribution is -2.04. The highest BCUT2D eigenvalue weighted by molar-refractivity contribution is 5.85. The van der Waals surface area contributed by atoms with Crippen LogP contribution in [0.15, 0.2) is 73.3 Å². The van der Waals surface area contributed by atoms with E-state index in [1.165, 1.54) is 6.07 Å². The van der Waals surface area contributed by atoms with Gasteiger partial charge in [0, 0.05) is 11.6 Å². The first-order valence-corrected chi connectivity index (χ1v) is 9.73. The molecule has 0 N–H and O–H groups in total. The highest BCUT2D eigenvalue weighted by atomic mass is 19.1. The molecule has 0 spiro atoms. The summed E-state index contributed by atoms with van der Waals surface area (Å²) in [7, 11) is 3.17. The fourth-order valence-electron chi connectivity index (χ4n) is 3.56. The number of hydrogen-bond donors (Lipinski definition) is 0. The van der Waals surface area contributed by atoms with Gasteiger partial charge in [0.05, 0.1) is 25.5 Å². The molecule has 4 aromatic rings. The minimum Gasteiger partial charge on any atom is -0.496 e. The Morgan fingerprint density at radius 3 is 2.26 bits per heavy atom. The zero-order valence-electron chi connectivity index (χ0n) is 17.6. The Labute approximate surface area is 180 Å². The van der Waals surface area contributed by atoms with Gasteiger partial charge in [-0.3, -0.25) is 4.57 Å². The number of para-hydroxylation sites is 1. The van der Waals surface area contributed by atoms with Gasteiger partial charge in [-0.15, -0.1) is 10.2 Å². The van der Waals surface area contributed by atoms with Crippen LogP contribution in [0.25, 0.3) is 22.6 Å². The lowest BCUT2D eigenvalue weighted by molar-refractivity contribution is 0.394. The summed E-state index contributed by atoms with van der Waals surface area (Å²) in [6.07, 6.45) is 0. The molecule has 156 valence electrons. The van der Waals surface area contributed by atoms with Crippen molar-refractivity contribution in [1.29, 1.82) is 0 Å². The molecule has 1 heterocycles. The van der Waals surface area contributed by atoms with Gasteiger partial charge in [-0.05, 0) is 36.3 Å². The molecule has 31 heavy (non-hydrogen) atoms. The molecule has 0 aliphatic heterocycles. The van der Waals surface area contributed by atoms with Gasteiger partial charge in [-0.2, -0.15) is 0 Å². The minimum absolute atomic E-state index is 0.362. The molecule has 1 aromatic heterocycles. The van der Waals surface area contributed by atoms with Gasteiger partial charge in [-0.25, -0.2) is 4.39 Å². The lowest BCUT2D eigenvalue weighted by Gasteiger charge is -2.17. The Bertz CT molecular complexity index is 1250. The molecule has 0 radical (unpaired) electrons. The molecule has 0 fully saturated rings. The van der Waals surface area contributed by atoms with E-state index in [2.05, 4.69) is 16.8 Å². The molecule has 0 aliphatic carbocycles. The number of aromatic nitrogens is 3. The predicted molar refractivity (Wildman–Crippen MR) is 119 cm³/mol. The van der Waals surface area contributed by atoms with E-state index < -0.39 is 0 Å². The SMILES string of the molecule is C=C(c1ccccc1)c1cc(-c2nnc(C)n2-c2ccccc2F)c(OC)cc1OC. The van der Waals surface area contributed by atoms with Crippen molar-refractivity contribution in [1.82, 2.24) is 14.8 Å². The van der Waals surface area contributed by atoms with Gasteiger partial charge in [0.2, 0.25) is 0 Å². The third-order valence-electron chi connectivity index (χ3n) is 5.13. The number of nitrogens with zero attached hydrogens (tertiary/aromatic N) is 3. The largest absolute Gasteiger partial charge is 0.496 e. The number of ether oxygens (including phenoxy) is 2. The van der Waals surface area contributed by atoms with Crippen LogP contribution in [0.5, 0.6) is 11.5 Å². The third-order valence-corrected chi connectivity index (χ3v) is 5.13. The number of aryl methyl sites for hydroxylation is 1. The molecule has 0 bridgehead atoms. The molecule has 0 unspecified atom stereocenters. The van der Waals surface area contributed by atoms with Gasteiger partial charge in [0.1, 0.15) is 23.1 Å². The van der Waals surface area contributed by atoms with E-state index in [1.54, 1.807) is 50.0 Å². The van der Waals surface area contributed by atoms with Crippen LogP contribution in [0.2, 0.25) is 0 Å². The average molecular weight is 415 g/mol. The molecule has 3 aromatic carbocycles. The zero-order valence-corrected chi connectivity index (χ0v) is 17.6. The number of halogens is 1. The Morgan fingerprint density at radius 1 is 0.903 bits per heavy atom. The highest BCUT2D eigenvalue weighted by Gasteiger charge is 2.22. The Kier molecular flexibility index (Phi) is 5.54. The van der Waals surface area contributed by atoms with Crippen molar-refractivity contribution >= 4 is 5.57 Å². The Hall–Kier alpha value is -3.93. The second-order valence-electron chi connectivity index (χ2n) is 6.95. The van der Waals surface area contributed by atoms with Crippen molar-refractivity contribution in [3.8, 4) is 28.6 Å². The number of benzene rings is 3. The van der Waals surface area contributed by atoms with Crippen LogP contribution in [0.4, 0.5) is 4.39 Å². The number of rotatable bonds is 6. The summed E-state index contributed by atoms with van der Waals surface area (Å²) in [4.78, 5) is 0. The van der Waals surface area contributed by atoms with Crippen LogP contribution in [-0.4, -0.2) is 29.0 Å². The molecular formula is C25H22FN3O2. The van der Waals surface area contributed by atoms with E-state index in [-0.39, 0.29) is 5.82 Å². The molecule has 4 rings (SSSR count). The number of methoxy groups -OCH3 is 2. The summed E-state index contributed by atoms with van der Waals surface area (Å²) in [5.74, 6) is 1.80. The molecule has 5 nitrogen and oxygen atoms in total. The van der Waals surface area contributed by atoms with Crippen LogP contribution in [0.3, 0.4) is 0 Å². The van der Waals surface area contributed by atoms with Crippen molar-refractivity contribution in [2.75, 3.05) is 14.2 Å². The van der Waals surface area contributed by atoms with Gasteiger partial charge in [0.15, 0.2) is 5.82 Å². The summed E-state index contributed by atoms with van der Waals surface area (Å²) in [5, 5.41) is 8.53. The third kappa shape index (κ3) is 3.68. The van der Waals surface area contributed by atoms with Crippen LogP contribution in [-0.2, 0) is 0 Å². The fraction of sp³-hybridized carbons (Fsp3) is 0.120. The van der Waals surface area contributed by atoms with E-state index >= 15 is 0 Å². The molecule has 0 atom stereocenters. The van der Waals surface area contributed by atoms with Crippen LogP contribution < -0.4 is 9.47 Å². The van der Waals surface area contributed by atoms with Crippen LogP contribution >= 0.6 is 0 Å². The Morgan fingerprint density at radius 2 is 1.58 bits per heavy atom.